The summed E-state index contributed by atoms with van der Waals surface area (Å²) in [7, 11) is 0. The van der Waals surface area contributed by atoms with E-state index in [1.54, 1.807) is 0 Å². The van der Waals surface area contributed by atoms with Crippen molar-refractivity contribution < 1.29 is 19.4 Å². The van der Waals surface area contributed by atoms with Crippen molar-refractivity contribution in [3.63, 3.8) is 0 Å². The maximum atomic E-state index is 12.2. The molecule has 1 aliphatic heterocycles. The molecule has 1 saturated heterocycles. The first kappa shape index (κ1) is 17.0. The zero-order valence-corrected chi connectivity index (χ0v) is 13.9. The van der Waals surface area contributed by atoms with Crippen molar-refractivity contribution in [3.05, 3.63) is 35.9 Å². The highest BCUT2D eigenvalue weighted by molar-refractivity contribution is 5.85. The number of carboxylic acid groups (broad SMARTS) is 1. The molecule has 1 amide bonds. The van der Waals surface area contributed by atoms with Gasteiger partial charge in [-0.1, -0.05) is 36.8 Å². The number of carbonyl (C=O) groups excluding carboxylic acids is 1. The van der Waals surface area contributed by atoms with Crippen LogP contribution < -0.4 is 5.32 Å². The zero-order chi connectivity index (χ0) is 17.0. The van der Waals surface area contributed by atoms with E-state index < -0.39 is 11.4 Å². The molecule has 2 aliphatic rings. The van der Waals surface area contributed by atoms with Gasteiger partial charge in [-0.3, -0.25) is 9.59 Å². The first-order valence-electron chi connectivity index (χ1n) is 8.77. The molecule has 1 aliphatic carbocycles. The predicted octanol–water partition coefficient (Wildman–Crippen LogP) is 2.92. The fourth-order valence-corrected chi connectivity index (χ4v) is 3.75. The van der Waals surface area contributed by atoms with Crippen molar-refractivity contribution in [1.29, 1.82) is 0 Å². The zero-order valence-electron chi connectivity index (χ0n) is 13.9. The second kappa shape index (κ2) is 7.34. The Hall–Kier alpha value is -1.88. The predicted molar refractivity (Wildman–Crippen MR) is 89.4 cm³/mol. The standard InChI is InChI=1S/C19H25NO4/c21-16(12-19(18(22)23)9-5-10-19)20-13-15-8-4-11-24-17(15)14-6-2-1-3-7-14/h1-3,6-7,15,17H,4-5,8-13H2,(H,20,21)(H,22,23). The van der Waals surface area contributed by atoms with Crippen LogP contribution in [0, 0.1) is 11.3 Å². The average molecular weight is 331 g/mol. The van der Waals surface area contributed by atoms with Gasteiger partial charge in [0.15, 0.2) is 0 Å². The van der Waals surface area contributed by atoms with Crippen LogP contribution in [0.1, 0.15) is 50.2 Å². The molecule has 0 aromatic heterocycles. The van der Waals surface area contributed by atoms with Crippen LogP contribution in [0.2, 0.25) is 0 Å². The number of ether oxygens (including phenoxy) is 1. The van der Waals surface area contributed by atoms with Crippen molar-refractivity contribution in [2.75, 3.05) is 13.2 Å². The maximum absolute atomic E-state index is 12.2. The second-order valence-electron chi connectivity index (χ2n) is 7.02. The third-order valence-corrected chi connectivity index (χ3v) is 5.40. The molecule has 0 bridgehead atoms. The molecule has 1 heterocycles. The van der Waals surface area contributed by atoms with Gasteiger partial charge in [0.2, 0.25) is 5.91 Å². The van der Waals surface area contributed by atoms with Crippen LogP contribution in [0.4, 0.5) is 0 Å². The Labute approximate surface area is 142 Å². The van der Waals surface area contributed by atoms with Gasteiger partial charge >= 0.3 is 5.97 Å². The van der Waals surface area contributed by atoms with Crippen molar-refractivity contribution in [2.24, 2.45) is 11.3 Å². The molecule has 0 radical (unpaired) electrons. The van der Waals surface area contributed by atoms with E-state index in [-0.39, 0.29) is 24.3 Å². The fraction of sp³-hybridized carbons (Fsp3) is 0.579. The fourth-order valence-electron chi connectivity index (χ4n) is 3.75. The van der Waals surface area contributed by atoms with E-state index in [1.165, 1.54) is 0 Å². The number of rotatable bonds is 6. The number of aliphatic carboxylic acids is 1. The molecule has 130 valence electrons. The number of benzene rings is 1. The van der Waals surface area contributed by atoms with Gasteiger partial charge in [-0.05, 0) is 31.2 Å². The second-order valence-corrected chi connectivity index (χ2v) is 7.02. The third-order valence-electron chi connectivity index (χ3n) is 5.40. The molecule has 0 spiro atoms. The van der Waals surface area contributed by atoms with Gasteiger partial charge in [0.25, 0.3) is 0 Å². The quantitative estimate of drug-likeness (QED) is 0.840. The van der Waals surface area contributed by atoms with Gasteiger partial charge in [0.1, 0.15) is 0 Å². The van der Waals surface area contributed by atoms with Gasteiger partial charge in [-0.15, -0.1) is 0 Å². The minimum Gasteiger partial charge on any atom is -0.481 e. The number of hydrogen-bond acceptors (Lipinski definition) is 3. The van der Waals surface area contributed by atoms with E-state index in [4.69, 9.17) is 4.74 Å². The summed E-state index contributed by atoms with van der Waals surface area (Å²) < 4.78 is 5.93. The number of carboxylic acids is 1. The Bertz CT molecular complexity index is 582. The molecule has 5 nitrogen and oxygen atoms in total. The Kier molecular flexibility index (Phi) is 5.19. The molecule has 2 N–H and O–H groups in total. The lowest BCUT2D eigenvalue weighted by atomic mass is 9.66. The van der Waals surface area contributed by atoms with Gasteiger partial charge in [0, 0.05) is 25.5 Å². The smallest absolute Gasteiger partial charge is 0.310 e. The van der Waals surface area contributed by atoms with Crippen LogP contribution in [0.25, 0.3) is 0 Å². The molecule has 1 aromatic carbocycles. The molecule has 5 heteroatoms. The summed E-state index contributed by atoms with van der Waals surface area (Å²) in [6.45, 7) is 1.28. The van der Waals surface area contributed by atoms with E-state index in [1.807, 2.05) is 18.2 Å². The van der Waals surface area contributed by atoms with E-state index >= 15 is 0 Å². The molecule has 3 rings (SSSR count). The molecule has 1 saturated carbocycles. The van der Waals surface area contributed by atoms with Crippen LogP contribution in [0.5, 0.6) is 0 Å². The van der Waals surface area contributed by atoms with Crippen LogP contribution in [0.15, 0.2) is 30.3 Å². The number of hydrogen-bond donors (Lipinski definition) is 2. The molecule has 2 fully saturated rings. The Morgan fingerprint density at radius 2 is 1.96 bits per heavy atom. The lowest BCUT2D eigenvalue weighted by Gasteiger charge is -2.37. The largest absolute Gasteiger partial charge is 0.481 e. The minimum atomic E-state index is -0.841. The number of carbonyl (C=O) groups is 2. The van der Waals surface area contributed by atoms with Crippen molar-refractivity contribution in [2.45, 2.75) is 44.6 Å². The maximum Gasteiger partial charge on any atom is 0.310 e. The van der Waals surface area contributed by atoms with Gasteiger partial charge in [-0.2, -0.15) is 0 Å². The van der Waals surface area contributed by atoms with E-state index in [0.29, 0.717) is 19.4 Å². The number of amides is 1. The Morgan fingerprint density at radius 3 is 2.58 bits per heavy atom. The first-order chi connectivity index (χ1) is 11.6. The Morgan fingerprint density at radius 1 is 1.21 bits per heavy atom. The highest BCUT2D eigenvalue weighted by Gasteiger charge is 2.46. The number of nitrogens with one attached hydrogen (secondary N) is 1. The average Bonchev–Trinajstić information content (AvgIpc) is 2.57. The summed E-state index contributed by atoms with van der Waals surface area (Å²) >= 11 is 0. The van der Waals surface area contributed by atoms with Gasteiger partial charge in [0.05, 0.1) is 11.5 Å². The lowest BCUT2D eigenvalue weighted by molar-refractivity contribution is -0.157. The molecule has 2 unspecified atom stereocenters. The molecule has 24 heavy (non-hydrogen) atoms. The summed E-state index contributed by atoms with van der Waals surface area (Å²) in [5, 5.41) is 12.3. The van der Waals surface area contributed by atoms with Crippen LogP contribution >= 0.6 is 0 Å². The van der Waals surface area contributed by atoms with Crippen molar-refractivity contribution in [1.82, 2.24) is 5.32 Å². The molecule has 2 atom stereocenters. The topological polar surface area (TPSA) is 75.6 Å². The third kappa shape index (κ3) is 3.61. The van der Waals surface area contributed by atoms with Crippen LogP contribution in [0.3, 0.4) is 0 Å². The van der Waals surface area contributed by atoms with Crippen molar-refractivity contribution in [3.8, 4) is 0 Å². The lowest BCUT2D eigenvalue weighted by Crippen LogP contribution is -2.44. The summed E-state index contributed by atoms with van der Waals surface area (Å²) in [5.74, 6) is -0.770. The first-order valence-corrected chi connectivity index (χ1v) is 8.77. The molecular formula is C19H25NO4. The van der Waals surface area contributed by atoms with Crippen LogP contribution in [-0.4, -0.2) is 30.1 Å². The summed E-state index contributed by atoms with van der Waals surface area (Å²) in [4.78, 5) is 23.6. The molecule has 1 aromatic rings. The Balaban J connectivity index is 1.56. The monoisotopic (exact) mass is 331 g/mol. The molecular weight excluding hydrogens is 306 g/mol. The summed E-state index contributed by atoms with van der Waals surface area (Å²) in [6, 6.07) is 10.1. The van der Waals surface area contributed by atoms with E-state index in [0.717, 1.165) is 31.4 Å². The van der Waals surface area contributed by atoms with Gasteiger partial charge in [-0.25, -0.2) is 0 Å². The van der Waals surface area contributed by atoms with E-state index in [2.05, 4.69) is 17.4 Å². The minimum absolute atomic E-state index is 0.00242. The summed E-state index contributed by atoms with van der Waals surface area (Å²) in [5.41, 5.74) is 0.309. The SMILES string of the molecule is O=C(CC1(C(=O)O)CCC1)NCC1CCCOC1c1ccccc1. The summed E-state index contributed by atoms with van der Waals surface area (Å²) in [6.07, 6.45) is 4.19. The van der Waals surface area contributed by atoms with Gasteiger partial charge < -0.3 is 15.2 Å². The van der Waals surface area contributed by atoms with Crippen molar-refractivity contribution >= 4 is 11.9 Å². The van der Waals surface area contributed by atoms with E-state index in [9.17, 15) is 14.7 Å². The highest BCUT2D eigenvalue weighted by atomic mass is 16.5. The van der Waals surface area contributed by atoms with Crippen LogP contribution in [-0.2, 0) is 14.3 Å². The highest BCUT2D eigenvalue weighted by Crippen LogP contribution is 2.44. The normalized spacial score (nSPS) is 25.5.